The molecule has 0 atom stereocenters. The van der Waals surface area contributed by atoms with Crippen molar-refractivity contribution in [2.45, 2.75) is 19.7 Å². The number of hydrogen-bond acceptors (Lipinski definition) is 0. The van der Waals surface area contributed by atoms with Crippen molar-refractivity contribution in [3.05, 3.63) is 23.7 Å². The third-order valence-electron chi connectivity index (χ3n) is 1.48. The van der Waals surface area contributed by atoms with E-state index < -0.39 is 0 Å². The van der Waals surface area contributed by atoms with Crippen LogP contribution in [-0.4, -0.2) is 7.28 Å². The Morgan fingerprint density at radius 2 is 2.38 bits per heavy atom. The van der Waals surface area contributed by atoms with Gasteiger partial charge in [-0.25, -0.2) is 0 Å². The highest BCUT2D eigenvalue weighted by Gasteiger charge is 1.92. The summed E-state index contributed by atoms with van der Waals surface area (Å²) < 4.78 is 0. The van der Waals surface area contributed by atoms with Crippen molar-refractivity contribution in [2.75, 3.05) is 0 Å². The Labute approximate surface area is 51.5 Å². The number of hydrogen-bond donors (Lipinski definition) is 0. The fraction of sp³-hybridized carbons (Fsp3) is 0.429. The van der Waals surface area contributed by atoms with Crippen molar-refractivity contribution in [3.63, 3.8) is 0 Å². The van der Waals surface area contributed by atoms with Crippen LogP contribution in [0, 0.1) is 0 Å². The van der Waals surface area contributed by atoms with Crippen LogP contribution >= 0.6 is 0 Å². The quantitative estimate of drug-likeness (QED) is 0.446. The second-order valence-electron chi connectivity index (χ2n) is 2.11. The van der Waals surface area contributed by atoms with Crippen LogP contribution in [0.1, 0.15) is 12.8 Å². The largest absolute Gasteiger partial charge is 0.154 e. The molecule has 0 radical (unpaired) electrons. The van der Waals surface area contributed by atoms with Gasteiger partial charge in [-0.3, -0.25) is 0 Å². The van der Waals surface area contributed by atoms with Crippen LogP contribution in [0.2, 0.25) is 6.82 Å². The average Bonchev–Trinajstić information content (AvgIpc) is 1.90. The molecule has 0 unspecified atom stereocenters. The van der Waals surface area contributed by atoms with E-state index in [4.69, 9.17) is 0 Å². The SMILES string of the molecule is CBC1=CCCC=C1. The van der Waals surface area contributed by atoms with Gasteiger partial charge in [0.25, 0.3) is 0 Å². The molecule has 42 valence electrons. The number of rotatable bonds is 1. The molecule has 0 heterocycles. The summed E-state index contributed by atoms with van der Waals surface area (Å²) in [6.07, 6.45) is 9.28. The zero-order valence-electron chi connectivity index (χ0n) is 5.35. The molecule has 8 heavy (non-hydrogen) atoms. The van der Waals surface area contributed by atoms with Crippen LogP contribution in [0.25, 0.3) is 0 Å². The van der Waals surface area contributed by atoms with Gasteiger partial charge in [0.1, 0.15) is 0 Å². The van der Waals surface area contributed by atoms with E-state index in [9.17, 15) is 0 Å². The molecule has 1 heteroatoms. The van der Waals surface area contributed by atoms with E-state index in [1.165, 1.54) is 25.6 Å². The topological polar surface area (TPSA) is 0 Å². The first-order chi connectivity index (χ1) is 3.93. The molecule has 0 N–H and O–H groups in total. The highest BCUT2D eigenvalue weighted by molar-refractivity contribution is 6.44. The van der Waals surface area contributed by atoms with Crippen LogP contribution in [0.3, 0.4) is 0 Å². The Morgan fingerprint density at radius 3 is 2.75 bits per heavy atom. The smallest absolute Gasteiger partial charge is 0.0902 e. The van der Waals surface area contributed by atoms with E-state index in [1.54, 1.807) is 0 Å². The van der Waals surface area contributed by atoms with Crippen molar-refractivity contribution >= 4 is 7.28 Å². The first-order valence-corrected chi connectivity index (χ1v) is 3.29. The van der Waals surface area contributed by atoms with Gasteiger partial charge in [0, 0.05) is 0 Å². The molecule has 0 spiro atoms. The summed E-state index contributed by atoms with van der Waals surface area (Å²) in [6.45, 7) is 2.20. The van der Waals surface area contributed by atoms with Crippen LogP contribution in [0.4, 0.5) is 0 Å². The Bertz CT molecular complexity index is 122. The molecule has 0 amide bonds. The van der Waals surface area contributed by atoms with Gasteiger partial charge in [-0.05, 0) is 12.8 Å². The lowest BCUT2D eigenvalue weighted by Gasteiger charge is -2.00. The standard InChI is InChI=1S/C7H11B/c1-8-7-5-3-2-4-6-7/h3,5-6,8H,2,4H2,1H3. The third kappa shape index (κ3) is 1.26. The van der Waals surface area contributed by atoms with Crippen LogP contribution in [-0.2, 0) is 0 Å². The van der Waals surface area contributed by atoms with E-state index in [1.807, 2.05) is 0 Å². The molecule has 0 bridgehead atoms. The monoisotopic (exact) mass is 106 g/mol. The van der Waals surface area contributed by atoms with Gasteiger partial charge in [0.15, 0.2) is 7.28 Å². The zero-order chi connectivity index (χ0) is 5.82. The van der Waals surface area contributed by atoms with Crippen molar-refractivity contribution in [1.82, 2.24) is 0 Å². The van der Waals surface area contributed by atoms with Gasteiger partial charge < -0.3 is 0 Å². The average molecular weight is 106 g/mol. The van der Waals surface area contributed by atoms with Gasteiger partial charge in [-0.2, -0.15) is 0 Å². The van der Waals surface area contributed by atoms with Crippen LogP contribution < -0.4 is 0 Å². The third-order valence-corrected chi connectivity index (χ3v) is 1.48. The fourth-order valence-corrected chi connectivity index (χ4v) is 0.930. The predicted octanol–water partition coefficient (Wildman–Crippen LogP) is 1.70. The normalized spacial score (nSPS) is 17.9. The predicted molar refractivity (Wildman–Crippen MR) is 39.5 cm³/mol. The van der Waals surface area contributed by atoms with E-state index in [2.05, 4.69) is 25.1 Å². The summed E-state index contributed by atoms with van der Waals surface area (Å²) in [7, 11) is 1.19. The second-order valence-corrected chi connectivity index (χ2v) is 2.11. The summed E-state index contributed by atoms with van der Waals surface area (Å²) in [5.41, 5.74) is 1.50. The summed E-state index contributed by atoms with van der Waals surface area (Å²) in [6, 6.07) is 0. The van der Waals surface area contributed by atoms with Crippen LogP contribution in [0.5, 0.6) is 0 Å². The highest BCUT2D eigenvalue weighted by Crippen LogP contribution is 2.07. The molecular weight excluding hydrogens is 94.9 g/mol. The lowest BCUT2D eigenvalue weighted by molar-refractivity contribution is 1.03. The highest BCUT2D eigenvalue weighted by atomic mass is 13.9. The maximum atomic E-state index is 2.32. The minimum atomic E-state index is 1.19. The van der Waals surface area contributed by atoms with Crippen molar-refractivity contribution in [2.24, 2.45) is 0 Å². The molecule has 0 saturated heterocycles. The van der Waals surface area contributed by atoms with E-state index >= 15 is 0 Å². The maximum absolute atomic E-state index is 2.32. The van der Waals surface area contributed by atoms with Gasteiger partial charge in [-0.15, -0.1) is 0 Å². The Hall–Kier alpha value is -0.455. The molecule has 0 aromatic heterocycles. The molecule has 1 aliphatic rings. The lowest BCUT2D eigenvalue weighted by Crippen LogP contribution is -1.89. The molecule has 0 aliphatic heterocycles. The lowest BCUT2D eigenvalue weighted by atomic mass is 9.71. The minimum absolute atomic E-state index is 1.19. The first-order valence-electron chi connectivity index (χ1n) is 3.29. The van der Waals surface area contributed by atoms with Gasteiger partial charge in [0.2, 0.25) is 0 Å². The summed E-state index contributed by atoms with van der Waals surface area (Å²) in [5.74, 6) is 0. The zero-order valence-corrected chi connectivity index (χ0v) is 5.35. The van der Waals surface area contributed by atoms with Crippen molar-refractivity contribution < 1.29 is 0 Å². The molecule has 1 rings (SSSR count). The minimum Gasteiger partial charge on any atom is -0.0902 e. The molecule has 0 nitrogen and oxygen atoms in total. The van der Waals surface area contributed by atoms with Gasteiger partial charge >= 0.3 is 0 Å². The van der Waals surface area contributed by atoms with Crippen molar-refractivity contribution in [3.8, 4) is 0 Å². The van der Waals surface area contributed by atoms with Crippen LogP contribution in [0.15, 0.2) is 23.7 Å². The summed E-state index contributed by atoms with van der Waals surface area (Å²) in [4.78, 5) is 0. The van der Waals surface area contributed by atoms with Crippen molar-refractivity contribution in [1.29, 1.82) is 0 Å². The van der Waals surface area contributed by atoms with Gasteiger partial charge in [-0.1, -0.05) is 30.5 Å². The summed E-state index contributed by atoms with van der Waals surface area (Å²) in [5, 5.41) is 0. The molecule has 0 aromatic carbocycles. The Morgan fingerprint density at radius 1 is 1.50 bits per heavy atom. The fourth-order valence-electron chi connectivity index (χ4n) is 0.930. The molecule has 0 aromatic rings. The number of allylic oxidation sites excluding steroid dienone is 4. The second kappa shape index (κ2) is 2.76. The Kier molecular flexibility index (Phi) is 1.96. The molecule has 0 fully saturated rings. The molecule has 0 saturated carbocycles. The summed E-state index contributed by atoms with van der Waals surface area (Å²) >= 11 is 0. The van der Waals surface area contributed by atoms with E-state index in [0.717, 1.165) is 0 Å². The van der Waals surface area contributed by atoms with E-state index in [0.29, 0.717) is 0 Å². The van der Waals surface area contributed by atoms with Gasteiger partial charge in [0.05, 0.1) is 0 Å². The first kappa shape index (κ1) is 5.68. The molecule has 1 aliphatic carbocycles. The van der Waals surface area contributed by atoms with E-state index in [-0.39, 0.29) is 0 Å². The Balaban J connectivity index is 2.51. The molecular formula is C7H11B. The maximum Gasteiger partial charge on any atom is 0.154 e.